The molecule has 0 aromatic carbocycles. The fraction of sp³-hybridized carbons (Fsp3) is 0.633. The fourth-order valence-corrected chi connectivity index (χ4v) is 6.04. The Morgan fingerprint density at radius 1 is 0.545 bits per heavy atom. The summed E-state index contributed by atoms with van der Waals surface area (Å²) in [5, 5.41) is 23.6. The predicted octanol–water partition coefficient (Wildman–Crippen LogP) is 12.6. The van der Waals surface area contributed by atoms with E-state index in [-0.39, 0.29) is 24.9 Å². The number of aliphatic hydroxyl groups is 2. The second kappa shape index (κ2) is 41.9. The Morgan fingerprint density at radius 3 is 1.53 bits per heavy atom. The molecule has 1 amide bonds. The molecule has 0 spiro atoms. The molecule has 3 atom stereocenters. The lowest BCUT2D eigenvalue weighted by Gasteiger charge is -2.24. The van der Waals surface area contributed by atoms with Crippen molar-refractivity contribution in [3.05, 3.63) is 97.2 Å². The molecule has 312 valence electrons. The molecular formula is C49H81NO5. The molecule has 0 aliphatic rings. The summed E-state index contributed by atoms with van der Waals surface area (Å²) < 4.78 is 5.85. The molecule has 0 fully saturated rings. The standard InChI is InChI=1S/C49H81NO5/c1-4-7-10-13-16-19-22-24-26-28-31-34-37-40-45(55-49(54)42-39-36-33-30-27-25-23-20-17-14-11-8-5-2)43-48(53)50-46(44-51)47(52)41-38-35-32-29-21-18-15-12-9-6-3/h7-8,10-11,13-14,16-17,19-20,22-24,26,28,31,45-47,51-52H,4-6,9,12,15,18,21,25,27,29-30,32-44H2,1-3H3,(H,50,53)/b10-7+,11-8+,16-13+,17-14+,22-19-,23-20-,26-24-,31-28+. The average Bonchev–Trinajstić information content (AvgIpc) is 3.18. The molecule has 0 aromatic heterocycles. The van der Waals surface area contributed by atoms with Crippen molar-refractivity contribution in [2.75, 3.05) is 6.61 Å². The van der Waals surface area contributed by atoms with E-state index in [1.807, 2.05) is 48.6 Å². The van der Waals surface area contributed by atoms with Crippen molar-refractivity contribution >= 4 is 11.9 Å². The Morgan fingerprint density at radius 2 is 1.00 bits per heavy atom. The number of esters is 1. The maximum absolute atomic E-state index is 13.1. The van der Waals surface area contributed by atoms with Crippen molar-refractivity contribution < 1.29 is 24.5 Å². The number of ether oxygens (including phenoxy) is 1. The minimum atomic E-state index is -0.813. The van der Waals surface area contributed by atoms with Crippen LogP contribution in [0.25, 0.3) is 0 Å². The largest absolute Gasteiger partial charge is 0.462 e. The monoisotopic (exact) mass is 764 g/mol. The van der Waals surface area contributed by atoms with Crippen LogP contribution in [0, 0.1) is 0 Å². The Balaban J connectivity index is 4.80. The van der Waals surface area contributed by atoms with Crippen molar-refractivity contribution in [2.45, 2.75) is 193 Å². The van der Waals surface area contributed by atoms with Gasteiger partial charge in [-0.2, -0.15) is 0 Å². The maximum atomic E-state index is 13.1. The first-order valence-corrected chi connectivity index (χ1v) is 22.1. The minimum absolute atomic E-state index is 0.0141. The van der Waals surface area contributed by atoms with Crippen molar-refractivity contribution in [1.29, 1.82) is 0 Å². The van der Waals surface area contributed by atoms with Crippen LogP contribution in [0.3, 0.4) is 0 Å². The molecule has 3 unspecified atom stereocenters. The Kier molecular flexibility index (Phi) is 39.5. The Bertz CT molecular complexity index is 1130. The van der Waals surface area contributed by atoms with E-state index in [1.165, 1.54) is 44.9 Å². The third-order valence-corrected chi connectivity index (χ3v) is 9.35. The van der Waals surface area contributed by atoms with Gasteiger partial charge in [0.25, 0.3) is 0 Å². The molecule has 0 aliphatic heterocycles. The molecule has 6 nitrogen and oxygen atoms in total. The van der Waals surface area contributed by atoms with Gasteiger partial charge in [-0.25, -0.2) is 0 Å². The third-order valence-electron chi connectivity index (χ3n) is 9.35. The van der Waals surface area contributed by atoms with E-state index in [0.717, 1.165) is 83.5 Å². The summed E-state index contributed by atoms with van der Waals surface area (Å²) in [5.41, 5.74) is 0. The molecule has 0 bridgehead atoms. The normalized spacial score (nSPS) is 14.3. The Labute approximate surface area is 337 Å². The fourth-order valence-electron chi connectivity index (χ4n) is 6.04. The zero-order valence-electron chi connectivity index (χ0n) is 35.3. The van der Waals surface area contributed by atoms with Gasteiger partial charge >= 0.3 is 5.97 Å². The molecule has 0 saturated carbocycles. The van der Waals surface area contributed by atoms with Crippen LogP contribution < -0.4 is 5.32 Å². The number of aliphatic hydroxyl groups excluding tert-OH is 2. The average molecular weight is 764 g/mol. The summed E-state index contributed by atoms with van der Waals surface area (Å²) in [6.07, 6.45) is 54.7. The van der Waals surface area contributed by atoms with E-state index < -0.39 is 18.2 Å². The molecule has 0 radical (unpaired) electrons. The van der Waals surface area contributed by atoms with Gasteiger partial charge in [0.15, 0.2) is 0 Å². The van der Waals surface area contributed by atoms with E-state index >= 15 is 0 Å². The van der Waals surface area contributed by atoms with Gasteiger partial charge in [0.05, 0.1) is 25.2 Å². The Hall–Kier alpha value is -3.22. The quantitative estimate of drug-likeness (QED) is 0.0333. The molecule has 55 heavy (non-hydrogen) atoms. The number of rotatable bonds is 37. The van der Waals surface area contributed by atoms with E-state index in [4.69, 9.17) is 4.74 Å². The number of hydrogen-bond donors (Lipinski definition) is 3. The predicted molar refractivity (Wildman–Crippen MR) is 236 cm³/mol. The molecule has 3 N–H and O–H groups in total. The molecule has 6 heteroatoms. The number of unbranched alkanes of at least 4 members (excludes halogenated alkanes) is 15. The van der Waals surface area contributed by atoms with Gasteiger partial charge in [-0.15, -0.1) is 0 Å². The first kappa shape index (κ1) is 51.8. The van der Waals surface area contributed by atoms with Crippen LogP contribution in [0.15, 0.2) is 97.2 Å². The van der Waals surface area contributed by atoms with Crippen LogP contribution in [0.1, 0.15) is 175 Å². The second-order valence-corrected chi connectivity index (χ2v) is 14.5. The van der Waals surface area contributed by atoms with E-state index in [1.54, 1.807) is 0 Å². The minimum Gasteiger partial charge on any atom is -0.462 e. The lowest BCUT2D eigenvalue weighted by atomic mass is 10.0. The molecule has 0 aromatic rings. The summed E-state index contributed by atoms with van der Waals surface area (Å²) in [6, 6.07) is -0.732. The van der Waals surface area contributed by atoms with Crippen molar-refractivity contribution in [1.82, 2.24) is 5.32 Å². The summed E-state index contributed by atoms with van der Waals surface area (Å²) in [6.45, 7) is 6.13. The lowest BCUT2D eigenvalue weighted by Crippen LogP contribution is -2.46. The summed E-state index contributed by atoms with van der Waals surface area (Å²) in [7, 11) is 0. The van der Waals surface area contributed by atoms with Crippen LogP contribution in [0.4, 0.5) is 0 Å². The SMILES string of the molecule is CC/C=C/C=C/C=C\C=C/C=C/CCCC(CC(=O)NC(CO)C(O)CCCCCCCCCCCC)OC(=O)CCCCCCC\C=C/C=C/C=C/CC. The van der Waals surface area contributed by atoms with Gasteiger partial charge < -0.3 is 20.3 Å². The summed E-state index contributed by atoms with van der Waals surface area (Å²) in [5.74, 6) is -0.584. The van der Waals surface area contributed by atoms with Crippen molar-refractivity contribution in [2.24, 2.45) is 0 Å². The zero-order chi connectivity index (χ0) is 40.3. The number of amides is 1. The zero-order valence-corrected chi connectivity index (χ0v) is 35.3. The van der Waals surface area contributed by atoms with Gasteiger partial charge in [0, 0.05) is 6.42 Å². The van der Waals surface area contributed by atoms with Crippen LogP contribution >= 0.6 is 0 Å². The number of hydrogen-bond acceptors (Lipinski definition) is 5. The lowest BCUT2D eigenvalue weighted by molar-refractivity contribution is -0.151. The van der Waals surface area contributed by atoms with Gasteiger partial charge in [-0.05, 0) is 57.8 Å². The van der Waals surface area contributed by atoms with Crippen molar-refractivity contribution in [3.63, 3.8) is 0 Å². The third kappa shape index (κ3) is 37.5. The van der Waals surface area contributed by atoms with Gasteiger partial charge in [0.2, 0.25) is 5.91 Å². The smallest absolute Gasteiger partial charge is 0.306 e. The van der Waals surface area contributed by atoms with E-state index in [9.17, 15) is 19.8 Å². The number of carbonyl (C=O) groups excluding carboxylic acids is 2. The topological polar surface area (TPSA) is 95.9 Å². The highest BCUT2D eigenvalue weighted by Crippen LogP contribution is 2.16. The molecule has 0 rings (SSSR count). The van der Waals surface area contributed by atoms with E-state index in [2.05, 4.69) is 74.7 Å². The first-order chi connectivity index (χ1) is 27.0. The molecule has 0 heterocycles. The second-order valence-electron chi connectivity index (χ2n) is 14.5. The van der Waals surface area contributed by atoms with Crippen LogP contribution in [0.2, 0.25) is 0 Å². The van der Waals surface area contributed by atoms with Crippen LogP contribution in [-0.4, -0.2) is 46.9 Å². The first-order valence-electron chi connectivity index (χ1n) is 22.1. The van der Waals surface area contributed by atoms with Gasteiger partial charge in [0.1, 0.15) is 6.10 Å². The number of nitrogens with one attached hydrogen (secondary N) is 1. The maximum Gasteiger partial charge on any atom is 0.306 e. The summed E-state index contributed by atoms with van der Waals surface area (Å²) >= 11 is 0. The molecule has 0 aliphatic carbocycles. The van der Waals surface area contributed by atoms with Crippen LogP contribution in [0.5, 0.6) is 0 Å². The highest BCUT2D eigenvalue weighted by molar-refractivity contribution is 5.77. The molecule has 0 saturated heterocycles. The number of allylic oxidation sites excluding steroid dienone is 16. The van der Waals surface area contributed by atoms with Gasteiger partial charge in [-0.3, -0.25) is 9.59 Å². The van der Waals surface area contributed by atoms with Gasteiger partial charge in [-0.1, -0.05) is 201 Å². The molecular weight excluding hydrogens is 683 g/mol. The highest BCUT2D eigenvalue weighted by atomic mass is 16.5. The number of carbonyl (C=O) groups is 2. The summed E-state index contributed by atoms with van der Waals surface area (Å²) in [4.78, 5) is 25.9. The van der Waals surface area contributed by atoms with Crippen LogP contribution in [-0.2, 0) is 14.3 Å². The van der Waals surface area contributed by atoms with Crippen molar-refractivity contribution in [3.8, 4) is 0 Å². The highest BCUT2D eigenvalue weighted by Gasteiger charge is 2.23. The van der Waals surface area contributed by atoms with E-state index in [0.29, 0.717) is 19.3 Å².